The highest BCUT2D eigenvalue weighted by atomic mass is 16.5. The van der Waals surface area contributed by atoms with Crippen molar-refractivity contribution in [3.8, 4) is 0 Å². The van der Waals surface area contributed by atoms with E-state index in [4.69, 9.17) is 4.74 Å². The van der Waals surface area contributed by atoms with Crippen LogP contribution in [-0.4, -0.2) is 46.9 Å². The Labute approximate surface area is 165 Å². The standard InChI is InChI=1S/C23H24N2O3/c1-16-13-24(14-17(2)28-16)21-20(19-11-7-4-8-12-19)22(26)25(23(21)27)15-18-9-5-3-6-10-18/h3-12,16-17H,13-15H2,1-2H3. The summed E-state index contributed by atoms with van der Waals surface area (Å²) in [5.74, 6) is -0.462. The zero-order valence-corrected chi connectivity index (χ0v) is 16.2. The van der Waals surface area contributed by atoms with Crippen LogP contribution in [0.5, 0.6) is 0 Å². The van der Waals surface area contributed by atoms with Gasteiger partial charge < -0.3 is 9.64 Å². The molecule has 1 fully saturated rings. The molecule has 0 saturated carbocycles. The lowest BCUT2D eigenvalue weighted by Crippen LogP contribution is -2.46. The van der Waals surface area contributed by atoms with Crippen LogP contribution in [0.25, 0.3) is 5.57 Å². The highest BCUT2D eigenvalue weighted by Crippen LogP contribution is 2.34. The van der Waals surface area contributed by atoms with E-state index in [2.05, 4.69) is 0 Å². The largest absolute Gasteiger partial charge is 0.372 e. The zero-order chi connectivity index (χ0) is 19.7. The predicted octanol–water partition coefficient (Wildman–Crippen LogP) is 3.08. The number of imide groups is 1. The lowest BCUT2D eigenvalue weighted by atomic mass is 10.0. The molecule has 4 rings (SSSR count). The van der Waals surface area contributed by atoms with Crippen LogP contribution in [0.3, 0.4) is 0 Å². The predicted molar refractivity (Wildman–Crippen MR) is 107 cm³/mol. The molecule has 0 aromatic heterocycles. The minimum Gasteiger partial charge on any atom is -0.372 e. The Kier molecular flexibility index (Phi) is 5.01. The number of hydrogen-bond donors (Lipinski definition) is 0. The van der Waals surface area contributed by atoms with Crippen LogP contribution in [0.1, 0.15) is 25.0 Å². The van der Waals surface area contributed by atoms with Gasteiger partial charge in [-0.15, -0.1) is 0 Å². The van der Waals surface area contributed by atoms with Crippen molar-refractivity contribution in [2.24, 2.45) is 0 Å². The fourth-order valence-electron chi connectivity index (χ4n) is 3.99. The number of hydrogen-bond acceptors (Lipinski definition) is 4. The van der Waals surface area contributed by atoms with Crippen molar-refractivity contribution in [1.29, 1.82) is 0 Å². The second-order valence-corrected chi connectivity index (χ2v) is 7.43. The molecule has 2 aromatic rings. The first-order chi connectivity index (χ1) is 13.5. The van der Waals surface area contributed by atoms with E-state index in [1.54, 1.807) is 0 Å². The van der Waals surface area contributed by atoms with E-state index in [1.165, 1.54) is 4.90 Å². The van der Waals surface area contributed by atoms with Crippen LogP contribution in [0.2, 0.25) is 0 Å². The summed E-state index contributed by atoms with van der Waals surface area (Å²) < 4.78 is 5.83. The number of amides is 2. The molecule has 5 nitrogen and oxygen atoms in total. The first-order valence-corrected chi connectivity index (χ1v) is 9.65. The van der Waals surface area contributed by atoms with Gasteiger partial charge >= 0.3 is 0 Å². The SMILES string of the molecule is CC1CN(C2=C(c3ccccc3)C(=O)N(Cc3ccccc3)C2=O)CC(C)O1. The maximum Gasteiger partial charge on any atom is 0.278 e. The topological polar surface area (TPSA) is 49.9 Å². The third kappa shape index (κ3) is 3.45. The number of carbonyl (C=O) groups excluding carboxylic acids is 2. The highest BCUT2D eigenvalue weighted by Gasteiger charge is 2.42. The molecular formula is C23H24N2O3. The number of carbonyl (C=O) groups is 2. The van der Waals surface area contributed by atoms with E-state index in [-0.39, 0.29) is 30.6 Å². The van der Waals surface area contributed by atoms with Crippen LogP contribution in [0.15, 0.2) is 66.4 Å². The van der Waals surface area contributed by atoms with Crippen LogP contribution >= 0.6 is 0 Å². The van der Waals surface area contributed by atoms with Crippen molar-refractivity contribution in [3.05, 3.63) is 77.5 Å². The molecular weight excluding hydrogens is 352 g/mol. The molecule has 0 radical (unpaired) electrons. The fraction of sp³-hybridized carbons (Fsp3) is 0.304. The maximum atomic E-state index is 13.4. The van der Waals surface area contributed by atoms with Gasteiger partial charge in [-0.2, -0.15) is 0 Å². The first-order valence-electron chi connectivity index (χ1n) is 9.65. The third-order valence-electron chi connectivity index (χ3n) is 5.13. The number of ether oxygens (including phenoxy) is 1. The minimum absolute atomic E-state index is 0.000603. The number of benzene rings is 2. The fourth-order valence-corrected chi connectivity index (χ4v) is 3.99. The van der Waals surface area contributed by atoms with Crippen molar-refractivity contribution in [2.75, 3.05) is 13.1 Å². The van der Waals surface area contributed by atoms with Crippen molar-refractivity contribution >= 4 is 17.4 Å². The highest BCUT2D eigenvalue weighted by molar-refractivity contribution is 6.35. The quantitative estimate of drug-likeness (QED) is 0.770. The molecule has 2 heterocycles. The van der Waals surface area contributed by atoms with E-state index in [0.717, 1.165) is 11.1 Å². The first kappa shape index (κ1) is 18.4. The molecule has 2 aliphatic heterocycles. The third-order valence-corrected chi connectivity index (χ3v) is 5.13. The van der Waals surface area contributed by atoms with Crippen molar-refractivity contribution in [3.63, 3.8) is 0 Å². The van der Waals surface area contributed by atoms with Gasteiger partial charge in [0.05, 0.1) is 24.3 Å². The molecule has 0 aliphatic carbocycles. The summed E-state index contributed by atoms with van der Waals surface area (Å²) in [4.78, 5) is 30.1. The van der Waals surface area contributed by atoms with Crippen LogP contribution < -0.4 is 0 Å². The van der Waals surface area contributed by atoms with Gasteiger partial charge in [0.1, 0.15) is 5.70 Å². The second kappa shape index (κ2) is 7.60. The van der Waals surface area contributed by atoms with Gasteiger partial charge in [0.25, 0.3) is 11.8 Å². The normalized spacial score (nSPS) is 22.9. The Morgan fingerprint density at radius 1 is 0.857 bits per heavy atom. The smallest absolute Gasteiger partial charge is 0.278 e. The lowest BCUT2D eigenvalue weighted by molar-refractivity contribution is -0.139. The van der Waals surface area contributed by atoms with Gasteiger partial charge in [0, 0.05) is 13.1 Å². The van der Waals surface area contributed by atoms with Gasteiger partial charge in [0.15, 0.2) is 0 Å². The number of nitrogens with zero attached hydrogens (tertiary/aromatic N) is 2. The summed E-state index contributed by atoms with van der Waals surface area (Å²) in [6.07, 6.45) is -0.00121. The average Bonchev–Trinajstić information content (AvgIpc) is 2.93. The van der Waals surface area contributed by atoms with E-state index in [0.29, 0.717) is 24.4 Å². The molecule has 2 aromatic carbocycles. The average molecular weight is 376 g/mol. The molecule has 28 heavy (non-hydrogen) atoms. The van der Waals surface area contributed by atoms with Crippen molar-refractivity contribution < 1.29 is 14.3 Å². The Morgan fingerprint density at radius 2 is 1.43 bits per heavy atom. The van der Waals surface area contributed by atoms with Gasteiger partial charge in [0.2, 0.25) is 0 Å². The molecule has 0 bridgehead atoms. The van der Waals surface area contributed by atoms with Crippen LogP contribution in [0, 0.1) is 0 Å². The van der Waals surface area contributed by atoms with Gasteiger partial charge in [-0.3, -0.25) is 14.5 Å². The molecule has 144 valence electrons. The molecule has 0 spiro atoms. The Bertz CT molecular complexity index is 898. The second-order valence-electron chi connectivity index (χ2n) is 7.43. The molecule has 2 atom stereocenters. The lowest BCUT2D eigenvalue weighted by Gasteiger charge is -2.37. The Morgan fingerprint density at radius 3 is 2.04 bits per heavy atom. The van der Waals surface area contributed by atoms with Gasteiger partial charge in [-0.05, 0) is 25.0 Å². The summed E-state index contributed by atoms with van der Waals surface area (Å²) in [6, 6.07) is 19.1. The van der Waals surface area contributed by atoms with Crippen LogP contribution in [-0.2, 0) is 20.9 Å². The summed E-state index contributed by atoms with van der Waals surface area (Å²) in [5.41, 5.74) is 2.69. The molecule has 2 unspecified atom stereocenters. The summed E-state index contributed by atoms with van der Waals surface area (Å²) >= 11 is 0. The van der Waals surface area contributed by atoms with E-state index >= 15 is 0 Å². The number of morpholine rings is 1. The van der Waals surface area contributed by atoms with Gasteiger partial charge in [-0.1, -0.05) is 60.7 Å². The summed E-state index contributed by atoms with van der Waals surface area (Å²) in [5, 5.41) is 0. The summed E-state index contributed by atoms with van der Waals surface area (Å²) in [6.45, 7) is 5.44. The Balaban J connectivity index is 1.74. The molecule has 2 amide bonds. The molecule has 5 heteroatoms. The molecule has 2 aliphatic rings. The maximum absolute atomic E-state index is 13.4. The monoisotopic (exact) mass is 376 g/mol. The van der Waals surface area contributed by atoms with E-state index in [1.807, 2.05) is 79.4 Å². The minimum atomic E-state index is -0.234. The molecule has 0 N–H and O–H groups in total. The van der Waals surface area contributed by atoms with E-state index < -0.39 is 0 Å². The van der Waals surface area contributed by atoms with Crippen molar-refractivity contribution in [1.82, 2.24) is 9.80 Å². The number of rotatable bonds is 4. The molecule has 1 saturated heterocycles. The Hall–Kier alpha value is -2.92. The van der Waals surface area contributed by atoms with E-state index in [9.17, 15) is 9.59 Å². The van der Waals surface area contributed by atoms with Crippen molar-refractivity contribution in [2.45, 2.75) is 32.6 Å². The van der Waals surface area contributed by atoms with Gasteiger partial charge in [-0.25, -0.2) is 0 Å². The zero-order valence-electron chi connectivity index (χ0n) is 16.2. The summed E-state index contributed by atoms with van der Waals surface area (Å²) in [7, 11) is 0. The van der Waals surface area contributed by atoms with Crippen LogP contribution in [0.4, 0.5) is 0 Å².